The maximum absolute atomic E-state index is 9.79. The monoisotopic (exact) mass is 267 g/mol. The number of hydrogen-bond acceptors (Lipinski definition) is 4. The van der Waals surface area contributed by atoms with E-state index in [1.165, 1.54) is 6.20 Å². The second-order valence-electron chi connectivity index (χ2n) is 4.37. The van der Waals surface area contributed by atoms with Crippen LogP contribution in [0.1, 0.15) is 5.69 Å². The van der Waals surface area contributed by atoms with Gasteiger partial charge in [0.15, 0.2) is 0 Å². The molecule has 20 heavy (non-hydrogen) atoms. The molecule has 1 aromatic heterocycles. The lowest BCUT2D eigenvalue weighted by molar-refractivity contribution is 0.278. The number of hydrogen-bond donors (Lipinski definition) is 2. The number of para-hydroxylation sites is 1. The van der Waals surface area contributed by atoms with Crippen molar-refractivity contribution in [3.8, 4) is 17.2 Å². The van der Waals surface area contributed by atoms with Gasteiger partial charge >= 0.3 is 0 Å². The third-order valence-corrected chi connectivity index (χ3v) is 3.05. The van der Waals surface area contributed by atoms with Crippen molar-refractivity contribution in [2.24, 2.45) is 0 Å². The zero-order valence-corrected chi connectivity index (χ0v) is 10.7. The van der Waals surface area contributed by atoms with E-state index in [1.807, 2.05) is 30.3 Å². The molecular weight excluding hydrogens is 254 g/mol. The zero-order valence-electron chi connectivity index (χ0n) is 10.7. The van der Waals surface area contributed by atoms with Gasteiger partial charge < -0.3 is 14.9 Å². The van der Waals surface area contributed by atoms with Gasteiger partial charge in [0.1, 0.15) is 17.2 Å². The number of benzene rings is 2. The van der Waals surface area contributed by atoms with Crippen LogP contribution in [-0.2, 0) is 6.61 Å². The van der Waals surface area contributed by atoms with Gasteiger partial charge in [0.2, 0.25) is 0 Å². The average molecular weight is 267 g/mol. The molecule has 0 saturated carbocycles. The predicted molar refractivity (Wildman–Crippen MR) is 75.8 cm³/mol. The average Bonchev–Trinajstić information content (AvgIpc) is 2.49. The van der Waals surface area contributed by atoms with Crippen molar-refractivity contribution < 1.29 is 14.9 Å². The number of aromatic nitrogens is 1. The van der Waals surface area contributed by atoms with Crippen LogP contribution in [0, 0.1) is 0 Å². The first-order chi connectivity index (χ1) is 9.78. The van der Waals surface area contributed by atoms with Gasteiger partial charge in [-0.05, 0) is 30.3 Å². The smallest absolute Gasteiger partial charge is 0.141 e. The molecule has 4 nitrogen and oxygen atoms in total. The van der Waals surface area contributed by atoms with Gasteiger partial charge in [-0.2, -0.15) is 0 Å². The van der Waals surface area contributed by atoms with Crippen molar-refractivity contribution in [1.82, 2.24) is 4.98 Å². The number of rotatable bonds is 3. The van der Waals surface area contributed by atoms with Crippen molar-refractivity contribution in [3.05, 3.63) is 60.4 Å². The van der Waals surface area contributed by atoms with Gasteiger partial charge in [0.05, 0.1) is 18.5 Å². The third-order valence-electron chi connectivity index (χ3n) is 3.05. The Kier molecular flexibility index (Phi) is 3.23. The van der Waals surface area contributed by atoms with Crippen molar-refractivity contribution >= 4 is 10.8 Å². The molecule has 0 spiro atoms. The topological polar surface area (TPSA) is 62.6 Å². The summed E-state index contributed by atoms with van der Waals surface area (Å²) in [5.74, 6) is 1.44. The van der Waals surface area contributed by atoms with Crippen LogP contribution in [0.3, 0.4) is 0 Å². The maximum atomic E-state index is 9.79. The van der Waals surface area contributed by atoms with Crippen LogP contribution < -0.4 is 4.74 Å². The molecule has 0 fully saturated rings. The number of ether oxygens (including phenoxy) is 1. The highest BCUT2D eigenvalue weighted by Gasteiger charge is 2.08. The molecule has 2 N–H and O–H groups in total. The fourth-order valence-corrected chi connectivity index (χ4v) is 2.08. The lowest BCUT2D eigenvalue weighted by Crippen LogP contribution is -1.92. The molecule has 0 amide bonds. The lowest BCUT2D eigenvalue weighted by Gasteiger charge is -2.09. The van der Waals surface area contributed by atoms with Crippen molar-refractivity contribution in [2.75, 3.05) is 0 Å². The first kappa shape index (κ1) is 12.4. The fraction of sp³-hybridized carbons (Fsp3) is 0.0625. The van der Waals surface area contributed by atoms with Crippen LogP contribution >= 0.6 is 0 Å². The quantitative estimate of drug-likeness (QED) is 0.764. The Morgan fingerprint density at radius 2 is 1.75 bits per heavy atom. The van der Waals surface area contributed by atoms with Gasteiger partial charge in [-0.1, -0.05) is 18.2 Å². The summed E-state index contributed by atoms with van der Waals surface area (Å²) in [6.45, 7) is -0.189. The van der Waals surface area contributed by atoms with E-state index in [4.69, 9.17) is 4.74 Å². The highest BCUT2D eigenvalue weighted by molar-refractivity contribution is 5.90. The highest BCUT2D eigenvalue weighted by Crippen LogP contribution is 2.31. The largest absolute Gasteiger partial charge is 0.506 e. The van der Waals surface area contributed by atoms with E-state index in [9.17, 15) is 10.2 Å². The van der Waals surface area contributed by atoms with Crippen LogP contribution in [0.15, 0.2) is 54.7 Å². The normalized spacial score (nSPS) is 10.7. The number of aliphatic hydroxyl groups excluding tert-OH is 1. The van der Waals surface area contributed by atoms with Crippen LogP contribution in [0.5, 0.6) is 17.2 Å². The number of aromatic hydroxyl groups is 1. The predicted octanol–water partition coefficient (Wildman–Crippen LogP) is 3.23. The summed E-state index contributed by atoms with van der Waals surface area (Å²) in [5, 5.41) is 20.4. The van der Waals surface area contributed by atoms with E-state index in [-0.39, 0.29) is 12.4 Å². The van der Waals surface area contributed by atoms with Crippen LogP contribution in [-0.4, -0.2) is 15.2 Å². The Morgan fingerprint density at radius 1 is 0.950 bits per heavy atom. The van der Waals surface area contributed by atoms with Crippen LogP contribution in [0.25, 0.3) is 10.8 Å². The summed E-state index contributed by atoms with van der Waals surface area (Å²) >= 11 is 0. The molecule has 2 aromatic carbocycles. The molecule has 0 bridgehead atoms. The summed E-state index contributed by atoms with van der Waals surface area (Å²) in [4.78, 5) is 4.02. The number of pyridine rings is 1. The van der Waals surface area contributed by atoms with Gasteiger partial charge in [0.25, 0.3) is 0 Å². The van der Waals surface area contributed by atoms with Crippen LogP contribution in [0.4, 0.5) is 0 Å². The molecule has 0 unspecified atom stereocenters. The molecule has 0 atom stereocenters. The summed E-state index contributed by atoms with van der Waals surface area (Å²) in [7, 11) is 0. The summed E-state index contributed by atoms with van der Waals surface area (Å²) in [5.41, 5.74) is 0.510. The van der Waals surface area contributed by atoms with E-state index in [0.29, 0.717) is 22.2 Å². The van der Waals surface area contributed by atoms with Crippen molar-refractivity contribution in [3.63, 3.8) is 0 Å². The van der Waals surface area contributed by atoms with E-state index in [2.05, 4.69) is 4.98 Å². The molecule has 0 saturated heterocycles. The molecule has 0 aliphatic carbocycles. The zero-order chi connectivity index (χ0) is 13.9. The fourth-order valence-electron chi connectivity index (χ4n) is 2.08. The molecule has 1 heterocycles. The van der Waals surface area contributed by atoms with E-state index >= 15 is 0 Å². The Balaban J connectivity index is 2.06. The molecule has 0 aliphatic rings. The van der Waals surface area contributed by atoms with Gasteiger partial charge in [0, 0.05) is 10.8 Å². The van der Waals surface area contributed by atoms with Gasteiger partial charge in [-0.25, -0.2) is 0 Å². The second kappa shape index (κ2) is 5.19. The Labute approximate surface area is 115 Å². The van der Waals surface area contributed by atoms with E-state index in [1.54, 1.807) is 18.2 Å². The first-order valence-electron chi connectivity index (χ1n) is 6.22. The summed E-state index contributed by atoms with van der Waals surface area (Å²) < 4.78 is 5.73. The third kappa shape index (κ3) is 2.29. The minimum atomic E-state index is -0.189. The van der Waals surface area contributed by atoms with Crippen LogP contribution in [0.2, 0.25) is 0 Å². The minimum Gasteiger partial charge on any atom is -0.506 e. The Hall–Kier alpha value is -2.59. The number of nitrogens with zero attached hydrogens (tertiary/aromatic N) is 1. The van der Waals surface area contributed by atoms with Gasteiger partial charge in [-0.15, -0.1) is 0 Å². The first-order valence-corrected chi connectivity index (χ1v) is 6.22. The number of aliphatic hydroxyl groups is 1. The molecule has 3 aromatic rings. The van der Waals surface area contributed by atoms with Crippen molar-refractivity contribution in [1.29, 1.82) is 0 Å². The molecule has 3 rings (SSSR count). The summed E-state index contributed by atoms with van der Waals surface area (Å²) in [6.07, 6.45) is 1.34. The molecular formula is C16H13NO3. The second-order valence-corrected chi connectivity index (χ2v) is 4.37. The highest BCUT2D eigenvalue weighted by atomic mass is 16.5. The molecule has 0 aliphatic heterocycles. The SMILES string of the molecule is OCc1ncc(O)c2ccc(Oc3ccccc3)cc12. The van der Waals surface area contributed by atoms with E-state index in [0.717, 1.165) is 5.75 Å². The molecule has 4 heteroatoms. The minimum absolute atomic E-state index is 0.0865. The maximum Gasteiger partial charge on any atom is 0.141 e. The number of fused-ring (bicyclic) bond motifs is 1. The van der Waals surface area contributed by atoms with Crippen molar-refractivity contribution in [2.45, 2.75) is 6.61 Å². The standard InChI is InChI=1S/C16H13NO3/c18-10-15-14-8-12(20-11-4-2-1-3-5-11)6-7-13(14)16(19)9-17-15/h1-9,18-19H,10H2. The Bertz CT molecular complexity index is 741. The summed E-state index contributed by atoms with van der Waals surface area (Å²) in [6, 6.07) is 14.7. The lowest BCUT2D eigenvalue weighted by atomic mass is 10.1. The van der Waals surface area contributed by atoms with Gasteiger partial charge in [-0.3, -0.25) is 4.98 Å². The van der Waals surface area contributed by atoms with E-state index < -0.39 is 0 Å². The Morgan fingerprint density at radius 3 is 2.50 bits per heavy atom. The molecule has 100 valence electrons. The molecule has 0 radical (unpaired) electrons.